The number of furan rings is 1. The lowest BCUT2D eigenvalue weighted by Gasteiger charge is -2.00. The minimum Gasteiger partial charge on any atom is -0.466 e. The molecule has 1 N–H and O–H groups in total. The highest BCUT2D eigenvalue weighted by atomic mass is 16.3. The van der Waals surface area contributed by atoms with E-state index in [-0.39, 0.29) is 0 Å². The first-order valence-corrected chi connectivity index (χ1v) is 4.44. The van der Waals surface area contributed by atoms with E-state index in [2.05, 4.69) is 0 Å². The lowest BCUT2D eigenvalue weighted by Crippen LogP contribution is -1.94. The zero-order valence-electron chi connectivity index (χ0n) is 8.59. The molecule has 0 aliphatic heterocycles. The summed E-state index contributed by atoms with van der Waals surface area (Å²) in [4.78, 5) is 0. The molecule has 0 spiro atoms. The van der Waals surface area contributed by atoms with Gasteiger partial charge < -0.3 is 9.52 Å². The maximum Gasteiger partial charge on any atom is 0.108 e. The highest BCUT2D eigenvalue weighted by Crippen LogP contribution is 2.22. The molecular formula is C11H16O2. The van der Waals surface area contributed by atoms with Gasteiger partial charge >= 0.3 is 0 Å². The molecule has 0 saturated carbocycles. The molecule has 0 amide bonds. The number of rotatable bonds is 2. The van der Waals surface area contributed by atoms with Crippen LogP contribution in [0.2, 0.25) is 0 Å². The number of allylic oxidation sites excluding steroid dienone is 1. The van der Waals surface area contributed by atoms with E-state index in [0.717, 1.165) is 22.7 Å². The summed E-state index contributed by atoms with van der Waals surface area (Å²) in [6.07, 6.45) is 1.41. The van der Waals surface area contributed by atoms with Crippen molar-refractivity contribution < 1.29 is 9.52 Å². The zero-order chi connectivity index (χ0) is 10.0. The lowest BCUT2D eigenvalue weighted by atomic mass is 10.1. The molecule has 1 unspecified atom stereocenters. The molecule has 0 saturated heterocycles. The Kier molecular flexibility index (Phi) is 2.94. The summed E-state index contributed by atoms with van der Waals surface area (Å²) in [5.41, 5.74) is 2.14. The Labute approximate surface area is 78.9 Å². The minimum absolute atomic E-state index is 0.408. The molecule has 2 nitrogen and oxygen atoms in total. The molecule has 0 bridgehead atoms. The van der Waals surface area contributed by atoms with Gasteiger partial charge in [0.15, 0.2) is 0 Å². The summed E-state index contributed by atoms with van der Waals surface area (Å²) in [6, 6.07) is 1.99. The third-order valence-corrected chi connectivity index (χ3v) is 1.96. The molecule has 1 aromatic heterocycles. The molecule has 0 radical (unpaired) electrons. The first kappa shape index (κ1) is 10.1. The van der Waals surface area contributed by atoms with Crippen LogP contribution >= 0.6 is 0 Å². The highest BCUT2D eigenvalue weighted by Gasteiger charge is 2.06. The highest BCUT2D eigenvalue weighted by molar-refractivity contribution is 5.65. The van der Waals surface area contributed by atoms with E-state index in [1.165, 1.54) is 0 Å². The molecule has 13 heavy (non-hydrogen) atoms. The van der Waals surface area contributed by atoms with Gasteiger partial charge in [0.1, 0.15) is 11.5 Å². The van der Waals surface area contributed by atoms with Crippen molar-refractivity contribution in [3.8, 4) is 0 Å². The third-order valence-electron chi connectivity index (χ3n) is 1.96. The van der Waals surface area contributed by atoms with Gasteiger partial charge in [-0.1, -0.05) is 6.08 Å². The van der Waals surface area contributed by atoms with Crippen molar-refractivity contribution in [3.05, 3.63) is 29.2 Å². The molecule has 0 aliphatic carbocycles. The monoisotopic (exact) mass is 180 g/mol. The van der Waals surface area contributed by atoms with Gasteiger partial charge in [-0.05, 0) is 39.3 Å². The van der Waals surface area contributed by atoms with Gasteiger partial charge in [-0.25, -0.2) is 0 Å². The van der Waals surface area contributed by atoms with Crippen molar-refractivity contribution in [2.75, 3.05) is 0 Å². The van der Waals surface area contributed by atoms with Crippen molar-refractivity contribution >= 4 is 5.57 Å². The lowest BCUT2D eigenvalue weighted by molar-refractivity contribution is 0.244. The first-order chi connectivity index (χ1) is 6.00. The number of aliphatic hydroxyl groups is 1. The quantitative estimate of drug-likeness (QED) is 0.759. The van der Waals surface area contributed by atoms with Crippen LogP contribution in [0.15, 0.2) is 16.6 Å². The Hall–Kier alpha value is -1.02. The molecule has 72 valence electrons. The fraction of sp³-hybridized carbons (Fsp3) is 0.455. The van der Waals surface area contributed by atoms with Crippen molar-refractivity contribution in [1.82, 2.24) is 0 Å². The predicted molar refractivity (Wildman–Crippen MR) is 53.5 cm³/mol. The van der Waals surface area contributed by atoms with E-state index in [9.17, 15) is 5.11 Å². The van der Waals surface area contributed by atoms with Crippen LogP contribution in [0.1, 0.15) is 30.9 Å². The van der Waals surface area contributed by atoms with Gasteiger partial charge in [-0.3, -0.25) is 0 Å². The third kappa shape index (κ3) is 2.46. The SMILES string of the molecule is C/C(=C/C(C)O)c1cc(C)oc1C. The van der Waals surface area contributed by atoms with Crippen LogP contribution < -0.4 is 0 Å². The number of hydrogen-bond donors (Lipinski definition) is 1. The maximum atomic E-state index is 9.17. The van der Waals surface area contributed by atoms with Crippen LogP contribution in [-0.4, -0.2) is 11.2 Å². The van der Waals surface area contributed by atoms with Gasteiger partial charge in [0.25, 0.3) is 0 Å². The van der Waals surface area contributed by atoms with E-state index < -0.39 is 6.10 Å². The average Bonchev–Trinajstić information content (AvgIpc) is 2.28. The molecule has 1 aromatic rings. The van der Waals surface area contributed by atoms with Crippen LogP contribution in [-0.2, 0) is 0 Å². The summed E-state index contributed by atoms with van der Waals surface area (Å²) in [7, 11) is 0. The Bertz CT molecular complexity index is 319. The largest absolute Gasteiger partial charge is 0.466 e. The Balaban J connectivity index is 3.01. The van der Waals surface area contributed by atoms with E-state index in [4.69, 9.17) is 4.42 Å². The fourth-order valence-corrected chi connectivity index (χ4v) is 1.47. The summed E-state index contributed by atoms with van der Waals surface area (Å²) >= 11 is 0. The molecule has 0 aliphatic rings. The van der Waals surface area contributed by atoms with Gasteiger partial charge in [0.2, 0.25) is 0 Å². The zero-order valence-corrected chi connectivity index (χ0v) is 8.59. The molecule has 2 heteroatoms. The van der Waals surface area contributed by atoms with Crippen molar-refractivity contribution in [3.63, 3.8) is 0 Å². The molecular weight excluding hydrogens is 164 g/mol. The van der Waals surface area contributed by atoms with E-state index in [1.54, 1.807) is 6.92 Å². The van der Waals surface area contributed by atoms with Gasteiger partial charge in [0, 0.05) is 5.56 Å². The number of hydrogen-bond acceptors (Lipinski definition) is 2. The van der Waals surface area contributed by atoms with Crippen LogP contribution in [0, 0.1) is 13.8 Å². The second-order valence-electron chi connectivity index (χ2n) is 3.42. The van der Waals surface area contributed by atoms with Crippen LogP contribution in [0.3, 0.4) is 0 Å². The first-order valence-electron chi connectivity index (χ1n) is 4.44. The van der Waals surface area contributed by atoms with E-state index >= 15 is 0 Å². The Morgan fingerprint density at radius 1 is 1.54 bits per heavy atom. The van der Waals surface area contributed by atoms with E-state index in [0.29, 0.717) is 0 Å². The van der Waals surface area contributed by atoms with Crippen molar-refractivity contribution in [1.29, 1.82) is 0 Å². The molecule has 0 fully saturated rings. The Morgan fingerprint density at radius 2 is 2.15 bits per heavy atom. The van der Waals surface area contributed by atoms with Crippen LogP contribution in [0.5, 0.6) is 0 Å². The molecule has 1 rings (SSSR count). The van der Waals surface area contributed by atoms with Gasteiger partial charge in [-0.2, -0.15) is 0 Å². The molecule has 1 atom stereocenters. The van der Waals surface area contributed by atoms with E-state index in [1.807, 2.05) is 32.9 Å². The van der Waals surface area contributed by atoms with Gasteiger partial charge in [0.05, 0.1) is 6.10 Å². The smallest absolute Gasteiger partial charge is 0.108 e. The number of aliphatic hydroxyl groups excluding tert-OH is 1. The average molecular weight is 180 g/mol. The molecule has 0 aromatic carbocycles. The number of aryl methyl sites for hydroxylation is 2. The summed E-state index contributed by atoms with van der Waals surface area (Å²) < 4.78 is 5.39. The summed E-state index contributed by atoms with van der Waals surface area (Å²) in [5.74, 6) is 1.82. The fourth-order valence-electron chi connectivity index (χ4n) is 1.47. The van der Waals surface area contributed by atoms with Crippen molar-refractivity contribution in [2.24, 2.45) is 0 Å². The second-order valence-corrected chi connectivity index (χ2v) is 3.42. The maximum absolute atomic E-state index is 9.17. The predicted octanol–water partition coefficient (Wildman–Crippen LogP) is 2.68. The molecule has 1 heterocycles. The topological polar surface area (TPSA) is 33.4 Å². The summed E-state index contributed by atoms with van der Waals surface area (Å²) in [6.45, 7) is 7.57. The summed E-state index contributed by atoms with van der Waals surface area (Å²) in [5, 5.41) is 9.17. The standard InChI is InChI=1S/C11H16O2/c1-7(5-8(2)12)11-6-9(3)13-10(11)4/h5-6,8,12H,1-4H3/b7-5-. The second kappa shape index (κ2) is 3.79. The minimum atomic E-state index is -0.408. The van der Waals surface area contributed by atoms with Crippen LogP contribution in [0.4, 0.5) is 0 Å². The van der Waals surface area contributed by atoms with Crippen LogP contribution in [0.25, 0.3) is 5.57 Å². The van der Waals surface area contributed by atoms with Gasteiger partial charge in [-0.15, -0.1) is 0 Å². The Morgan fingerprint density at radius 3 is 2.54 bits per heavy atom. The normalized spacial score (nSPS) is 14.7. The van der Waals surface area contributed by atoms with Crippen molar-refractivity contribution in [2.45, 2.75) is 33.8 Å².